The molecule has 0 aromatic carbocycles. The van der Waals surface area contributed by atoms with Crippen molar-refractivity contribution < 1.29 is 4.79 Å². The number of hydrogen-bond acceptors (Lipinski definition) is 3. The molecule has 1 aliphatic heterocycles. The molecule has 0 saturated carbocycles. The lowest BCUT2D eigenvalue weighted by Crippen LogP contribution is -2.39. The largest absolute Gasteiger partial charge is 0.326 e. The van der Waals surface area contributed by atoms with Gasteiger partial charge >= 0.3 is 0 Å². The molecule has 0 spiro atoms. The second kappa shape index (κ2) is 8.74. The zero-order valence-corrected chi connectivity index (χ0v) is 14.9. The van der Waals surface area contributed by atoms with E-state index in [4.69, 9.17) is 0 Å². The lowest BCUT2D eigenvalue weighted by atomic mass is 10.0. The van der Waals surface area contributed by atoms with Crippen LogP contribution in [-0.4, -0.2) is 54.1 Å². The van der Waals surface area contributed by atoms with E-state index in [2.05, 4.69) is 56.8 Å². The average Bonchev–Trinajstić information content (AvgIpc) is 2.66. The summed E-state index contributed by atoms with van der Waals surface area (Å²) in [4.78, 5) is 17.0. The molecule has 1 aliphatic rings. The molecule has 0 aromatic heterocycles. The summed E-state index contributed by atoms with van der Waals surface area (Å²) in [6.45, 7) is 12.9. The third kappa shape index (κ3) is 5.59. The maximum atomic E-state index is 12.6. The fourth-order valence-corrected chi connectivity index (χ4v) is 2.91. The Balaban J connectivity index is 2.53. The van der Waals surface area contributed by atoms with E-state index in [1.165, 1.54) is 0 Å². The van der Waals surface area contributed by atoms with Crippen LogP contribution in [0.3, 0.4) is 0 Å². The first-order valence-electron chi connectivity index (χ1n) is 8.63. The number of rotatable bonds is 9. The molecule has 2 unspecified atom stereocenters. The average molecular weight is 297 g/mol. The third-order valence-electron chi connectivity index (χ3n) is 4.41. The van der Waals surface area contributed by atoms with Gasteiger partial charge in [-0.15, -0.1) is 0 Å². The Morgan fingerprint density at radius 2 is 1.95 bits per heavy atom. The molecule has 4 heteroatoms. The van der Waals surface area contributed by atoms with Crippen LogP contribution in [0.25, 0.3) is 0 Å². The molecule has 1 fully saturated rings. The second-order valence-corrected chi connectivity index (χ2v) is 7.11. The molecule has 1 saturated heterocycles. The van der Waals surface area contributed by atoms with E-state index in [-0.39, 0.29) is 12.2 Å². The Hall–Kier alpha value is -0.610. The van der Waals surface area contributed by atoms with Crippen LogP contribution in [0.15, 0.2) is 0 Å². The quantitative estimate of drug-likeness (QED) is 0.711. The smallest absolute Gasteiger partial charge is 0.241 e. The topological polar surface area (TPSA) is 35.6 Å². The van der Waals surface area contributed by atoms with Gasteiger partial charge in [-0.1, -0.05) is 27.2 Å². The molecule has 21 heavy (non-hydrogen) atoms. The van der Waals surface area contributed by atoms with E-state index in [0.717, 1.165) is 38.8 Å². The molecule has 0 aliphatic carbocycles. The minimum Gasteiger partial charge on any atom is -0.326 e. The van der Waals surface area contributed by atoms with Crippen molar-refractivity contribution in [2.45, 2.75) is 78.6 Å². The van der Waals surface area contributed by atoms with Crippen LogP contribution in [-0.2, 0) is 4.79 Å². The molecule has 124 valence electrons. The monoisotopic (exact) mass is 297 g/mol. The van der Waals surface area contributed by atoms with Gasteiger partial charge in [-0.3, -0.25) is 10.1 Å². The molecule has 0 bridgehead atoms. The lowest BCUT2D eigenvalue weighted by Gasteiger charge is -2.26. The summed E-state index contributed by atoms with van der Waals surface area (Å²) in [7, 11) is 2.15. The summed E-state index contributed by atoms with van der Waals surface area (Å²) in [5, 5.41) is 3.55. The van der Waals surface area contributed by atoms with E-state index in [1.54, 1.807) is 0 Å². The van der Waals surface area contributed by atoms with Gasteiger partial charge in [0.25, 0.3) is 0 Å². The number of carbonyl (C=O) groups excluding carboxylic acids is 1. The highest BCUT2D eigenvalue weighted by Gasteiger charge is 2.37. The minimum absolute atomic E-state index is 0.0318. The summed E-state index contributed by atoms with van der Waals surface area (Å²) in [6, 6.07) is 0.599. The Kier molecular flexibility index (Phi) is 7.67. The maximum absolute atomic E-state index is 12.6. The minimum atomic E-state index is 0.0318. The number of hydrogen-bond donors (Lipinski definition) is 1. The van der Waals surface area contributed by atoms with Gasteiger partial charge in [0.2, 0.25) is 5.91 Å². The van der Waals surface area contributed by atoms with Crippen molar-refractivity contribution in [2.75, 3.05) is 20.1 Å². The summed E-state index contributed by atoms with van der Waals surface area (Å²) >= 11 is 0. The van der Waals surface area contributed by atoms with Gasteiger partial charge in [0.05, 0.1) is 12.2 Å². The van der Waals surface area contributed by atoms with Crippen molar-refractivity contribution in [1.82, 2.24) is 15.1 Å². The Labute approximate surface area is 131 Å². The Morgan fingerprint density at radius 3 is 2.48 bits per heavy atom. The summed E-state index contributed by atoms with van der Waals surface area (Å²) in [5.41, 5.74) is 0. The van der Waals surface area contributed by atoms with Crippen LogP contribution < -0.4 is 5.32 Å². The van der Waals surface area contributed by atoms with Crippen LogP contribution in [0.1, 0.15) is 60.3 Å². The molecule has 0 radical (unpaired) electrons. The van der Waals surface area contributed by atoms with Crippen molar-refractivity contribution in [3.05, 3.63) is 0 Å². The zero-order valence-electron chi connectivity index (χ0n) is 14.9. The van der Waals surface area contributed by atoms with Gasteiger partial charge in [-0.25, -0.2) is 0 Å². The van der Waals surface area contributed by atoms with E-state index in [9.17, 15) is 4.79 Å². The van der Waals surface area contributed by atoms with Crippen LogP contribution >= 0.6 is 0 Å². The zero-order chi connectivity index (χ0) is 16.0. The van der Waals surface area contributed by atoms with Gasteiger partial charge < -0.3 is 9.80 Å². The molecular weight excluding hydrogens is 262 g/mol. The second-order valence-electron chi connectivity index (χ2n) is 7.11. The van der Waals surface area contributed by atoms with E-state index in [0.29, 0.717) is 17.9 Å². The first kappa shape index (κ1) is 18.4. The predicted molar refractivity (Wildman–Crippen MR) is 89.2 cm³/mol. The normalized spacial score (nSPS) is 23.1. The highest BCUT2D eigenvalue weighted by Crippen LogP contribution is 2.20. The van der Waals surface area contributed by atoms with E-state index < -0.39 is 0 Å². The standard InChI is InChI=1S/C17H35N3O/c1-7-9-16-18-15(12-13(2)3)17(21)20(16)11-8-10-19(6)14(4)5/h13-16,18H,7-12H2,1-6H3. The molecule has 0 aromatic rings. The van der Waals surface area contributed by atoms with Crippen molar-refractivity contribution >= 4 is 5.91 Å². The molecule has 4 nitrogen and oxygen atoms in total. The van der Waals surface area contributed by atoms with Crippen molar-refractivity contribution in [3.8, 4) is 0 Å². The number of nitrogens with zero attached hydrogens (tertiary/aromatic N) is 2. The van der Waals surface area contributed by atoms with Crippen molar-refractivity contribution in [2.24, 2.45) is 5.92 Å². The molecule has 2 atom stereocenters. The molecule has 1 rings (SSSR count). The van der Waals surface area contributed by atoms with Crippen LogP contribution in [0.5, 0.6) is 0 Å². The maximum Gasteiger partial charge on any atom is 0.241 e. The van der Waals surface area contributed by atoms with Gasteiger partial charge in [-0.05, 0) is 52.6 Å². The molecular formula is C17H35N3O. The van der Waals surface area contributed by atoms with Crippen LogP contribution in [0.4, 0.5) is 0 Å². The summed E-state index contributed by atoms with van der Waals surface area (Å²) in [6.07, 6.45) is 4.41. The lowest BCUT2D eigenvalue weighted by molar-refractivity contribution is -0.130. The highest BCUT2D eigenvalue weighted by atomic mass is 16.2. The summed E-state index contributed by atoms with van der Waals surface area (Å²) < 4.78 is 0. The number of nitrogens with one attached hydrogen (secondary N) is 1. The fraction of sp³-hybridized carbons (Fsp3) is 0.941. The number of amides is 1. The van der Waals surface area contributed by atoms with E-state index in [1.807, 2.05) is 0 Å². The Morgan fingerprint density at radius 1 is 1.29 bits per heavy atom. The first-order valence-corrected chi connectivity index (χ1v) is 8.63. The highest BCUT2D eigenvalue weighted by molar-refractivity contribution is 5.84. The van der Waals surface area contributed by atoms with E-state index >= 15 is 0 Å². The first-order chi connectivity index (χ1) is 9.86. The van der Waals surface area contributed by atoms with Crippen molar-refractivity contribution in [3.63, 3.8) is 0 Å². The third-order valence-corrected chi connectivity index (χ3v) is 4.41. The SMILES string of the molecule is CCCC1NC(CC(C)C)C(=O)N1CCCN(C)C(C)C. The predicted octanol–water partition coefficient (Wildman–Crippen LogP) is 2.69. The Bertz CT molecular complexity index is 317. The fourth-order valence-electron chi connectivity index (χ4n) is 2.91. The molecule has 1 amide bonds. The van der Waals surface area contributed by atoms with Gasteiger partial charge in [0.1, 0.15) is 0 Å². The van der Waals surface area contributed by atoms with Crippen molar-refractivity contribution in [1.29, 1.82) is 0 Å². The van der Waals surface area contributed by atoms with Gasteiger partial charge in [0.15, 0.2) is 0 Å². The van der Waals surface area contributed by atoms with Crippen LogP contribution in [0.2, 0.25) is 0 Å². The summed E-state index contributed by atoms with van der Waals surface area (Å²) in [5.74, 6) is 0.870. The van der Waals surface area contributed by atoms with Gasteiger partial charge in [-0.2, -0.15) is 0 Å². The van der Waals surface area contributed by atoms with Crippen LogP contribution in [0, 0.1) is 5.92 Å². The number of carbonyl (C=O) groups is 1. The molecule has 1 N–H and O–H groups in total. The molecule has 1 heterocycles. The van der Waals surface area contributed by atoms with Gasteiger partial charge in [0, 0.05) is 12.6 Å².